The number of methoxy groups -OCH3 is 2. The quantitative estimate of drug-likeness (QED) is 0.195. The molecule has 4 N–H and O–H groups in total. The molecule has 0 aromatic heterocycles. The third kappa shape index (κ3) is 5.69. The van der Waals surface area contributed by atoms with Crippen LogP contribution >= 0.6 is 0 Å². The van der Waals surface area contributed by atoms with E-state index in [0.29, 0.717) is 13.1 Å². The van der Waals surface area contributed by atoms with Gasteiger partial charge in [-0.3, -0.25) is 0 Å². The van der Waals surface area contributed by atoms with Crippen molar-refractivity contribution in [3.8, 4) is 17.2 Å². The molecule has 1 aliphatic rings. The number of nitrogens with two attached hydrogens (primary N) is 2. The fourth-order valence-electron chi connectivity index (χ4n) is 6.73. The van der Waals surface area contributed by atoms with Crippen LogP contribution in [0.5, 0.6) is 17.2 Å². The van der Waals surface area contributed by atoms with Crippen LogP contribution in [0.25, 0.3) is 16.8 Å². The average Bonchev–Trinajstić information content (AvgIpc) is 3.00. The van der Waals surface area contributed by atoms with E-state index in [1.54, 1.807) is 14.2 Å². The van der Waals surface area contributed by atoms with Crippen molar-refractivity contribution in [1.82, 2.24) is 0 Å². The number of fused-ring (bicyclic) bond motifs is 3. The summed E-state index contributed by atoms with van der Waals surface area (Å²) in [5.74, 6) is 2.43. The molecule has 0 unspecified atom stereocenters. The SMILES string of the molecule is COc1ccc(C2(c3ccc(OC)cc3)C=Cc3c(ccc4cc(N(C(C)(C)CCN)C(C)(C)CCN)ccc34)O2)cc1. The Hall–Kier alpha value is -4.00. The Bertz CT molecular complexity index is 1530. The summed E-state index contributed by atoms with van der Waals surface area (Å²) < 4.78 is 17.9. The van der Waals surface area contributed by atoms with Gasteiger partial charge in [0.1, 0.15) is 17.2 Å². The molecule has 0 fully saturated rings. The molecule has 1 heterocycles. The summed E-state index contributed by atoms with van der Waals surface area (Å²) in [4.78, 5) is 2.50. The number of nitrogens with zero attached hydrogens (tertiary/aromatic N) is 1. The Kier molecular flexibility index (Phi) is 8.46. The summed E-state index contributed by atoms with van der Waals surface area (Å²) in [5.41, 5.74) is 15.3. The van der Waals surface area contributed by atoms with Crippen LogP contribution < -0.4 is 30.6 Å². The van der Waals surface area contributed by atoms with Crippen LogP contribution in [0.3, 0.4) is 0 Å². The van der Waals surface area contributed by atoms with Crippen molar-refractivity contribution in [2.24, 2.45) is 11.5 Å². The monoisotopic (exact) mass is 579 g/mol. The van der Waals surface area contributed by atoms with Gasteiger partial charge in [-0.15, -0.1) is 0 Å². The molecule has 6 heteroatoms. The van der Waals surface area contributed by atoms with E-state index in [1.165, 1.54) is 0 Å². The predicted molar refractivity (Wildman–Crippen MR) is 178 cm³/mol. The van der Waals surface area contributed by atoms with Gasteiger partial charge >= 0.3 is 0 Å². The second-order valence-corrected chi connectivity index (χ2v) is 12.5. The second kappa shape index (κ2) is 11.9. The number of benzene rings is 4. The molecule has 1 aliphatic heterocycles. The number of rotatable bonds is 11. The Morgan fingerprint density at radius 3 is 1.74 bits per heavy atom. The molecule has 0 bridgehead atoms. The largest absolute Gasteiger partial charge is 0.497 e. The first kappa shape index (κ1) is 30.5. The van der Waals surface area contributed by atoms with Crippen molar-refractivity contribution in [1.29, 1.82) is 0 Å². The number of anilines is 1. The van der Waals surface area contributed by atoms with Gasteiger partial charge in [0.05, 0.1) is 14.2 Å². The first-order chi connectivity index (χ1) is 20.6. The maximum absolute atomic E-state index is 6.99. The molecule has 5 rings (SSSR count). The molecule has 0 saturated carbocycles. The topological polar surface area (TPSA) is 83.0 Å². The first-order valence-corrected chi connectivity index (χ1v) is 15.0. The van der Waals surface area contributed by atoms with Gasteiger partial charge < -0.3 is 30.6 Å². The van der Waals surface area contributed by atoms with Crippen LogP contribution in [-0.2, 0) is 5.60 Å². The van der Waals surface area contributed by atoms with E-state index in [9.17, 15) is 0 Å². The van der Waals surface area contributed by atoms with E-state index in [4.69, 9.17) is 25.7 Å². The highest BCUT2D eigenvalue weighted by Gasteiger charge is 2.39. The van der Waals surface area contributed by atoms with E-state index in [1.807, 2.05) is 24.3 Å². The van der Waals surface area contributed by atoms with Gasteiger partial charge in [-0.05, 0) is 119 Å². The van der Waals surface area contributed by atoms with Crippen molar-refractivity contribution in [3.05, 3.63) is 102 Å². The molecular formula is C37H45N3O3. The third-order valence-electron chi connectivity index (χ3n) is 8.78. The zero-order valence-corrected chi connectivity index (χ0v) is 26.3. The lowest BCUT2D eigenvalue weighted by molar-refractivity contribution is 0.161. The summed E-state index contributed by atoms with van der Waals surface area (Å²) in [6, 6.07) is 27.1. The van der Waals surface area contributed by atoms with Gasteiger partial charge in [-0.25, -0.2) is 0 Å². The maximum atomic E-state index is 6.99. The molecule has 0 radical (unpaired) electrons. The molecule has 226 valence electrons. The number of hydrogen-bond donors (Lipinski definition) is 2. The molecule has 0 atom stereocenters. The minimum atomic E-state index is -0.811. The maximum Gasteiger partial charge on any atom is 0.178 e. The van der Waals surface area contributed by atoms with Gasteiger partial charge in [-0.2, -0.15) is 0 Å². The van der Waals surface area contributed by atoms with Crippen LogP contribution in [0.4, 0.5) is 5.69 Å². The Balaban J connectivity index is 1.61. The third-order valence-corrected chi connectivity index (χ3v) is 8.78. The fourth-order valence-corrected chi connectivity index (χ4v) is 6.73. The fraction of sp³-hybridized carbons (Fsp3) is 0.351. The smallest absolute Gasteiger partial charge is 0.178 e. The summed E-state index contributed by atoms with van der Waals surface area (Å²) in [5, 5.41) is 2.30. The molecule has 0 aliphatic carbocycles. The standard InChI is InChI=1S/C37H45N3O3/c1-35(2,21-23-38)40(36(3,4)22-24-39)29-12-17-32-26(25-29)7-18-34-33(32)19-20-37(43-34,27-8-13-30(41-5)14-9-27)28-10-15-31(42-6)16-11-28/h7-20,25H,21-24,38-39H2,1-6H3. The van der Waals surface area contributed by atoms with Crippen molar-refractivity contribution >= 4 is 22.5 Å². The zero-order valence-electron chi connectivity index (χ0n) is 26.3. The molecular weight excluding hydrogens is 534 g/mol. The zero-order chi connectivity index (χ0) is 30.8. The number of hydrogen-bond acceptors (Lipinski definition) is 6. The lowest BCUT2D eigenvalue weighted by atomic mass is 9.83. The van der Waals surface area contributed by atoms with Gasteiger partial charge in [0, 0.05) is 33.5 Å². The van der Waals surface area contributed by atoms with Crippen molar-refractivity contribution in [2.75, 3.05) is 32.2 Å². The van der Waals surface area contributed by atoms with E-state index < -0.39 is 5.60 Å². The first-order valence-electron chi connectivity index (χ1n) is 15.0. The van der Waals surface area contributed by atoms with Crippen molar-refractivity contribution in [2.45, 2.75) is 57.2 Å². The lowest BCUT2D eigenvalue weighted by Crippen LogP contribution is -2.57. The average molecular weight is 580 g/mol. The minimum Gasteiger partial charge on any atom is -0.497 e. The molecule has 43 heavy (non-hydrogen) atoms. The highest BCUT2D eigenvalue weighted by atomic mass is 16.5. The molecule has 6 nitrogen and oxygen atoms in total. The van der Waals surface area contributed by atoms with Crippen LogP contribution in [0.2, 0.25) is 0 Å². The molecule has 4 aromatic carbocycles. The van der Waals surface area contributed by atoms with Crippen LogP contribution in [-0.4, -0.2) is 38.4 Å². The van der Waals surface area contributed by atoms with Gasteiger partial charge in [0.2, 0.25) is 0 Å². The van der Waals surface area contributed by atoms with Gasteiger partial charge in [-0.1, -0.05) is 36.4 Å². The van der Waals surface area contributed by atoms with E-state index in [0.717, 1.165) is 63.2 Å². The van der Waals surface area contributed by atoms with E-state index in [2.05, 4.69) is 99.3 Å². The van der Waals surface area contributed by atoms with Crippen LogP contribution in [0, 0.1) is 0 Å². The lowest BCUT2D eigenvalue weighted by Gasteiger charge is -2.51. The Morgan fingerprint density at radius 2 is 1.26 bits per heavy atom. The second-order valence-electron chi connectivity index (χ2n) is 12.5. The summed E-state index contributed by atoms with van der Waals surface area (Å²) in [7, 11) is 3.35. The minimum absolute atomic E-state index is 0.144. The molecule has 0 saturated heterocycles. The predicted octanol–water partition coefficient (Wildman–Crippen LogP) is 7.27. The van der Waals surface area contributed by atoms with E-state index in [-0.39, 0.29) is 11.1 Å². The highest BCUT2D eigenvalue weighted by molar-refractivity contribution is 5.96. The summed E-state index contributed by atoms with van der Waals surface area (Å²) in [6.07, 6.45) is 6.11. The summed E-state index contributed by atoms with van der Waals surface area (Å²) in [6.45, 7) is 10.3. The van der Waals surface area contributed by atoms with Crippen molar-refractivity contribution < 1.29 is 14.2 Å². The normalized spacial score (nSPS) is 14.2. The molecule has 0 spiro atoms. The Morgan fingerprint density at radius 1 is 0.721 bits per heavy atom. The van der Waals surface area contributed by atoms with Gasteiger partial charge in [0.15, 0.2) is 5.60 Å². The summed E-state index contributed by atoms with van der Waals surface area (Å²) >= 11 is 0. The van der Waals surface area contributed by atoms with Gasteiger partial charge in [0.25, 0.3) is 0 Å². The molecule has 0 amide bonds. The van der Waals surface area contributed by atoms with Crippen molar-refractivity contribution in [3.63, 3.8) is 0 Å². The van der Waals surface area contributed by atoms with Crippen LogP contribution in [0.1, 0.15) is 57.2 Å². The van der Waals surface area contributed by atoms with E-state index >= 15 is 0 Å². The Labute approximate surface area is 256 Å². The highest BCUT2D eigenvalue weighted by Crippen LogP contribution is 2.46. The van der Waals surface area contributed by atoms with Crippen LogP contribution in [0.15, 0.2) is 84.9 Å². The molecule has 4 aromatic rings. The number of ether oxygens (including phenoxy) is 3.